The number of hydrogen-bond acceptors (Lipinski definition) is 6. The summed E-state index contributed by atoms with van der Waals surface area (Å²) in [7, 11) is -3.11. The normalized spacial score (nSPS) is 21.0. The van der Waals surface area contributed by atoms with Crippen molar-refractivity contribution >= 4 is 50.0 Å². The molecule has 1 N–H and O–H groups in total. The number of hydrogen-bond donors (Lipinski definition) is 1. The molecule has 1 fully saturated rings. The van der Waals surface area contributed by atoms with E-state index in [1.807, 2.05) is 13.8 Å². The lowest BCUT2D eigenvalue weighted by Gasteiger charge is -2.23. The van der Waals surface area contributed by atoms with Crippen LogP contribution in [0.4, 0.5) is 0 Å². The molecule has 1 unspecified atom stereocenters. The van der Waals surface area contributed by atoms with Crippen molar-refractivity contribution < 1.29 is 13.2 Å². The third-order valence-electron chi connectivity index (χ3n) is 4.71. The Labute approximate surface area is 179 Å². The Balaban J connectivity index is 1.82. The lowest BCUT2D eigenvalue weighted by atomic mass is 10.0. The van der Waals surface area contributed by atoms with E-state index in [-0.39, 0.29) is 34.6 Å². The molecule has 29 heavy (non-hydrogen) atoms. The van der Waals surface area contributed by atoms with E-state index in [1.54, 1.807) is 29.7 Å². The average molecular weight is 458 g/mol. The third kappa shape index (κ3) is 5.32. The first-order chi connectivity index (χ1) is 13.5. The van der Waals surface area contributed by atoms with Gasteiger partial charge in [-0.25, -0.2) is 13.4 Å². The van der Waals surface area contributed by atoms with E-state index in [9.17, 15) is 18.0 Å². The SMILES string of the molecule is CC(C)Cn1c(SCC(=O)NC2(C)CCS(=O)(=O)C2)nc2ccc(Cl)cc2c1=O. The molecular weight excluding hydrogens is 434 g/mol. The molecule has 7 nitrogen and oxygen atoms in total. The van der Waals surface area contributed by atoms with E-state index >= 15 is 0 Å². The Morgan fingerprint density at radius 2 is 2.14 bits per heavy atom. The second-order valence-electron chi connectivity index (χ2n) is 8.10. The summed E-state index contributed by atoms with van der Waals surface area (Å²) in [5.41, 5.74) is -0.416. The number of nitrogens with one attached hydrogen (secondary N) is 1. The quantitative estimate of drug-likeness (QED) is 0.528. The van der Waals surface area contributed by atoms with Gasteiger partial charge in [-0.2, -0.15) is 0 Å². The number of halogens is 1. The molecule has 0 bridgehead atoms. The van der Waals surface area contributed by atoms with Gasteiger partial charge < -0.3 is 5.32 Å². The van der Waals surface area contributed by atoms with E-state index in [2.05, 4.69) is 10.3 Å². The highest BCUT2D eigenvalue weighted by atomic mass is 35.5. The van der Waals surface area contributed by atoms with Gasteiger partial charge in [0, 0.05) is 11.6 Å². The average Bonchev–Trinajstić information content (AvgIpc) is 2.89. The number of aromatic nitrogens is 2. The van der Waals surface area contributed by atoms with Crippen LogP contribution in [0.15, 0.2) is 28.2 Å². The molecule has 1 atom stereocenters. The van der Waals surface area contributed by atoms with Gasteiger partial charge in [0.1, 0.15) is 0 Å². The van der Waals surface area contributed by atoms with Crippen LogP contribution in [-0.2, 0) is 21.2 Å². The molecule has 0 radical (unpaired) electrons. The maximum absolute atomic E-state index is 13.0. The maximum Gasteiger partial charge on any atom is 0.262 e. The zero-order chi connectivity index (χ0) is 21.4. The van der Waals surface area contributed by atoms with Crippen molar-refractivity contribution in [3.05, 3.63) is 33.6 Å². The second-order valence-corrected chi connectivity index (χ2v) is 11.7. The van der Waals surface area contributed by atoms with Gasteiger partial charge in [0.2, 0.25) is 5.91 Å². The molecule has 1 amide bonds. The highest BCUT2D eigenvalue weighted by Crippen LogP contribution is 2.24. The molecule has 0 saturated carbocycles. The van der Waals surface area contributed by atoms with Crippen molar-refractivity contribution in [2.45, 2.75) is 44.4 Å². The zero-order valence-corrected chi connectivity index (χ0v) is 19.0. The lowest BCUT2D eigenvalue weighted by Crippen LogP contribution is -2.47. The fourth-order valence-corrected chi connectivity index (χ4v) is 6.49. The monoisotopic (exact) mass is 457 g/mol. The van der Waals surface area contributed by atoms with E-state index in [0.29, 0.717) is 34.0 Å². The number of thioether (sulfide) groups is 1. The lowest BCUT2D eigenvalue weighted by molar-refractivity contribution is -0.120. The number of nitrogens with zero attached hydrogens (tertiary/aromatic N) is 2. The van der Waals surface area contributed by atoms with Gasteiger partial charge in [0.15, 0.2) is 15.0 Å². The van der Waals surface area contributed by atoms with Gasteiger partial charge in [-0.1, -0.05) is 37.2 Å². The summed E-state index contributed by atoms with van der Waals surface area (Å²) in [6, 6.07) is 4.96. The van der Waals surface area contributed by atoms with Gasteiger partial charge in [-0.05, 0) is 37.5 Å². The second kappa shape index (κ2) is 8.28. The molecule has 1 aliphatic rings. The molecule has 3 rings (SSSR count). The van der Waals surface area contributed by atoms with Crippen LogP contribution >= 0.6 is 23.4 Å². The number of rotatable bonds is 6. The van der Waals surface area contributed by atoms with Crippen LogP contribution in [0.5, 0.6) is 0 Å². The van der Waals surface area contributed by atoms with Crippen molar-refractivity contribution in [2.75, 3.05) is 17.3 Å². The summed E-state index contributed by atoms with van der Waals surface area (Å²) >= 11 is 7.20. The van der Waals surface area contributed by atoms with Crippen LogP contribution in [0.2, 0.25) is 5.02 Å². The molecular formula is C19H24ClN3O4S2. The van der Waals surface area contributed by atoms with Crippen LogP contribution in [0.1, 0.15) is 27.2 Å². The van der Waals surface area contributed by atoms with Crippen LogP contribution in [0, 0.1) is 5.92 Å². The van der Waals surface area contributed by atoms with Gasteiger partial charge in [-0.15, -0.1) is 0 Å². The largest absolute Gasteiger partial charge is 0.349 e. The highest BCUT2D eigenvalue weighted by molar-refractivity contribution is 7.99. The summed E-state index contributed by atoms with van der Waals surface area (Å²) in [5, 5.41) is 4.19. The molecule has 2 aromatic rings. The first-order valence-electron chi connectivity index (χ1n) is 9.32. The molecule has 1 aromatic heterocycles. The fourth-order valence-electron chi connectivity index (χ4n) is 3.42. The highest BCUT2D eigenvalue weighted by Gasteiger charge is 2.39. The molecule has 2 heterocycles. The zero-order valence-electron chi connectivity index (χ0n) is 16.6. The molecule has 0 spiro atoms. The number of benzene rings is 1. The van der Waals surface area contributed by atoms with E-state index in [1.165, 1.54) is 11.8 Å². The van der Waals surface area contributed by atoms with Crippen molar-refractivity contribution in [3.8, 4) is 0 Å². The summed E-state index contributed by atoms with van der Waals surface area (Å²) in [5.74, 6) is 0.000551. The Hall–Kier alpha value is -1.58. The van der Waals surface area contributed by atoms with Gasteiger partial charge in [-0.3, -0.25) is 14.2 Å². The minimum atomic E-state index is -3.11. The fraction of sp³-hybridized carbons (Fsp3) is 0.526. The van der Waals surface area contributed by atoms with Gasteiger partial charge >= 0.3 is 0 Å². The standard InChI is InChI=1S/C19H24ClN3O4S2/c1-12(2)9-23-17(25)14-8-13(20)4-5-15(14)21-18(23)28-10-16(24)22-19(3)6-7-29(26,27)11-19/h4-5,8,12H,6-7,9-11H2,1-3H3,(H,22,24). The maximum atomic E-state index is 13.0. The first kappa shape index (κ1) is 22.1. The number of fused-ring (bicyclic) bond motifs is 1. The summed E-state index contributed by atoms with van der Waals surface area (Å²) in [4.78, 5) is 30.0. The van der Waals surface area contributed by atoms with E-state index in [4.69, 9.17) is 11.6 Å². The van der Waals surface area contributed by atoms with Crippen molar-refractivity contribution in [1.29, 1.82) is 0 Å². The van der Waals surface area contributed by atoms with Crippen molar-refractivity contribution in [2.24, 2.45) is 5.92 Å². The van der Waals surface area contributed by atoms with Gasteiger partial charge in [0.25, 0.3) is 5.56 Å². The predicted octanol–water partition coefficient (Wildman–Crippen LogP) is 2.49. The molecule has 158 valence electrons. The topological polar surface area (TPSA) is 98.1 Å². The molecule has 1 aromatic carbocycles. The Kier molecular flexibility index (Phi) is 6.31. The Morgan fingerprint density at radius 1 is 1.41 bits per heavy atom. The summed E-state index contributed by atoms with van der Waals surface area (Å²) in [6.07, 6.45) is 0.402. The van der Waals surface area contributed by atoms with Crippen LogP contribution in [0.3, 0.4) is 0 Å². The molecule has 10 heteroatoms. The number of carbonyl (C=O) groups is 1. The Bertz CT molecular complexity index is 1110. The summed E-state index contributed by atoms with van der Waals surface area (Å²) < 4.78 is 25.0. The third-order valence-corrected chi connectivity index (χ3v) is 7.82. The minimum Gasteiger partial charge on any atom is -0.349 e. The Morgan fingerprint density at radius 3 is 2.76 bits per heavy atom. The molecule has 1 saturated heterocycles. The van der Waals surface area contributed by atoms with E-state index < -0.39 is 15.4 Å². The molecule has 1 aliphatic heterocycles. The van der Waals surface area contributed by atoms with Gasteiger partial charge in [0.05, 0.1) is 33.7 Å². The summed E-state index contributed by atoms with van der Waals surface area (Å²) in [6.45, 7) is 6.20. The van der Waals surface area contributed by atoms with E-state index in [0.717, 1.165) is 0 Å². The number of sulfone groups is 1. The van der Waals surface area contributed by atoms with Crippen LogP contribution in [-0.4, -0.2) is 46.7 Å². The minimum absolute atomic E-state index is 0.0409. The van der Waals surface area contributed by atoms with Crippen LogP contribution in [0.25, 0.3) is 10.9 Å². The number of carbonyl (C=O) groups excluding carboxylic acids is 1. The number of amides is 1. The van der Waals surface area contributed by atoms with Crippen molar-refractivity contribution in [1.82, 2.24) is 14.9 Å². The molecule has 0 aliphatic carbocycles. The predicted molar refractivity (Wildman–Crippen MR) is 116 cm³/mol. The van der Waals surface area contributed by atoms with Crippen molar-refractivity contribution in [3.63, 3.8) is 0 Å². The van der Waals surface area contributed by atoms with Crippen LogP contribution < -0.4 is 10.9 Å². The smallest absolute Gasteiger partial charge is 0.262 e. The first-order valence-corrected chi connectivity index (χ1v) is 12.5.